The predicted molar refractivity (Wildman–Crippen MR) is 77.9 cm³/mol. The lowest BCUT2D eigenvalue weighted by Gasteiger charge is -2.19. The molecular weight excluding hydrogens is 276 g/mol. The number of hydrogen-bond donors (Lipinski definition) is 3. The third kappa shape index (κ3) is 3.19. The van der Waals surface area contributed by atoms with Gasteiger partial charge in [0.25, 0.3) is 5.91 Å². The first kappa shape index (κ1) is 15.0. The van der Waals surface area contributed by atoms with E-state index in [0.717, 1.165) is 24.8 Å². The van der Waals surface area contributed by atoms with Crippen molar-refractivity contribution in [2.24, 2.45) is 5.92 Å². The van der Waals surface area contributed by atoms with E-state index in [4.69, 9.17) is 0 Å². The molecule has 0 saturated heterocycles. The van der Waals surface area contributed by atoms with Crippen molar-refractivity contribution in [1.82, 2.24) is 10.6 Å². The summed E-state index contributed by atoms with van der Waals surface area (Å²) in [5.41, 5.74) is 1.83. The molecule has 1 heterocycles. The predicted octanol–water partition coefficient (Wildman–Crippen LogP) is 0.710. The lowest BCUT2D eigenvalue weighted by atomic mass is 9.88. The van der Waals surface area contributed by atoms with Gasteiger partial charge in [0, 0.05) is 17.3 Å². The van der Waals surface area contributed by atoms with Crippen LogP contribution in [0.1, 0.15) is 34.1 Å². The Kier molecular flexibility index (Phi) is 4.77. The second-order valence-corrected chi connectivity index (χ2v) is 6.20. The zero-order valence-corrected chi connectivity index (χ0v) is 12.5. The maximum absolute atomic E-state index is 12.1. The fourth-order valence-electron chi connectivity index (χ4n) is 2.41. The van der Waals surface area contributed by atoms with Gasteiger partial charge < -0.3 is 15.7 Å². The van der Waals surface area contributed by atoms with Gasteiger partial charge in [-0.05, 0) is 30.7 Å². The number of rotatable bonds is 4. The van der Waals surface area contributed by atoms with Crippen molar-refractivity contribution >= 4 is 23.2 Å². The molecule has 2 rings (SSSR count). The molecule has 0 radical (unpaired) electrons. The Morgan fingerprint density at radius 3 is 3.00 bits per heavy atom. The highest BCUT2D eigenvalue weighted by atomic mass is 32.1. The summed E-state index contributed by atoms with van der Waals surface area (Å²) < 4.78 is 0. The van der Waals surface area contributed by atoms with Crippen LogP contribution >= 0.6 is 11.3 Å². The minimum atomic E-state index is -1.21. The Morgan fingerprint density at radius 2 is 2.30 bits per heavy atom. The molecule has 0 bridgehead atoms. The van der Waals surface area contributed by atoms with Crippen molar-refractivity contribution in [2.75, 3.05) is 13.6 Å². The molecular formula is C14H20N2O3S. The summed E-state index contributed by atoms with van der Waals surface area (Å²) in [6.07, 6.45) is 1.86. The van der Waals surface area contributed by atoms with Gasteiger partial charge in [-0.25, -0.2) is 0 Å². The molecule has 1 aliphatic rings. The second-order valence-electron chi connectivity index (χ2n) is 5.24. The zero-order chi connectivity index (χ0) is 14.7. The summed E-state index contributed by atoms with van der Waals surface area (Å²) >= 11 is 1.63. The van der Waals surface area contributed by atoms with Crippen molar-refractivity contribution < 1.29 is 14.7 Å². The van der Waals surface area contributed by atoms with Crippen LogP contribution in [0.15, 0.2) is 5.38 Å². The Balaban J connectivity index is 1.99. The molecule has 3 N–H and O–H groups in total. The number of hydrogen-bond acceptors (Lipinski definition) is 4. The summed E-state index contributed by atoms with van der Waals surface area (Å²) in [7, 11) is 1.45. The molecule has 5 nitrogen and oxygen atoms in total. The van der Waals surface area contributed by atoms with Crippen LogP contribution in [0.4, 0.5) is 0 Å². The number of amides is 2. The van der Waals surface area contributed by atoms with Crippen LogP contribution in [0, 0.1) is 5.92 Å². The van der Waals surface area contributed by atoms with Crippen molar-refractivity contribution in [1.29, 1.82) is 0 Å². The first-order chi connectivity index (χ1) is 9.52. The Labute approximate surface area is 122 Å². The standard InChI is InChI=1S/C14H20N2O3S/c1-8-3-4-9-10(7-20-12(9)5-8)13(18)16-6-11(17)14(19)15-2/h7-8,11,17H,3-6H2,1-2H3,(H,15,19)(H,16,18)/t8-,11-/m0/s1. The third-order valence-electron chi connectivity index (χ3n) is 3.65. The molecule has 2 atom stereocenters. The van der Waals surface area contributed by atoms with Crippen LogP contribution in [0.2, 0.25) is 0 Å². The van der Waals surface area contributed by atoms with Crippen LogP contribution in [0.5, 0.6) is 0 Å². The highest BCUT2D eigenvalue weighted by Crippen LogP contribution is 2.32. The van der Waals surface area contributed by atoms with E-state index in [2.05, 4.69) is 17.6 Å². The lowest BCUT2D eigenvalue weighted by Crippen LogP contribution is -2.41. The molecule has 110 valence electrons. The van der Waals surface area contributed by atoms with Crippen molar-refractivity contribution in [3.63, 3.8) is 0 Å². The smallest absolute Gasteiger partial charge is 0.252 e. The van der Waals surface area contributed by atoms with E-state index >= 15 is 0 Å². The fraction of sp³-hybridized carbons (Fsp3) is 0.571. The molecule has 0 spiro atoms. The summed E-state index contributed by atoms with van der Waals surface area (Å²) in [5, 5.41) is 16.4. The number of likely N-dealkylation sites (N-methyl/N-ethyl adjacent to an activating group) is 1. The Hall–Kier alpha value is -1.40. The fourth-order valence-corrected chi connectivity index (χ4v) is 3.66. The molecule has 0 saturated carbocycles. The van der Waals surface area contributed by atoms with Gasteiger partial charge in [-0.3, -0.25) is 9.59 Å². The second kappa shape index (κ2) is 6.37. The van der Waals surface area contributed by atoms with Gasteiger partial charge in [0.05, 0.1) is 12.1 Å². The van der Waals surface area contributed by atoms with Gasteiger partial charge in [-0.2, -0.15) is 0 Å². The van der Waals surface area contributed by atoms with Crippen LogP contribution in [-0.4, -0.2) is 36.6 Å². The van der Waals surface area contributed by atoms with Gasteiger partial charge >= 0.3 is 0 Å². The van der Waals surface area contributed by atoms with Crippen molar-refractivity contribution in [3.05, 3.63) is 21.4 Å². The summed E-state index contributed by atoms with van der Waals surface area (Å²) in [5.74, 6) is -0.0291. The van der Waals surface area contributed by atoms with E-state index in [0.29, 0.717) is 11.5 Å². The van der Waals surface area contributed by atoms with E-state index < -0.39 is 12.0 Å². The minimum Gasteiger partial charge on any atom is -0.381 e. The summed E-state index contributed by atoms with van der Waals surface area (Å²) in [6.45, 7) is 2.15. The third-order valence-corrected chi connectivity index (χ3v) is 4.70. The average Bonchev–Trinajstić information content (AvgIpc) is 2.86. The van der Waals surface area contributed by atoms with Crippen molar-refractivity contribution in [3.8, 4) is 0 Å². The van der Waals surface area contributed by atoms with Gasteiger partial charge in [-0.15, -0.1) is 11.3 Å². The first-order valence-corrected chi connectivity index (χ1v) is 7.68. The zero-order valence-electron chi connectivity index (χ0n) is 11.7. The molecule has 1 aliphatic carbocycles. The molecule has 0 fully saturated rings. The highest BCUT2D eigenvalue weighted by molar-refractivity contribution is 7.10. The monoisotopic (exact) mass is 296 g/mol. The molecule has 0 aliphatic heterocycles. The molecule has 0 aromatic carbocycles. The number of nitrogens with one attached hydrogen (secondary N) is 2. The number of aliphatic hydroxyl groups excluding tert-OH is 1. The van der Waals surface area contributed by atoms with Crippen LogP contribution in [0.3, 0.4) is 0 Å². The van der Waals surface area contributed by atoms with Crippen molar-refractivity contribution in [2.45, 2.75) is 32.3 Å². The molecule has 2 amide bonds. The average molecular weight is 296 g/mol. The Bertz CT molecular complexity index is 513. The van der Waals surface area contributed by atoms with E-state index in [1.165, 1.54) is 11.9 Å². The number of thiophene rings is 1. The summed E-state index contributed by atoms with van der Waals surface area (Å²) in [6, 6.07) is 0. The van der Waals surface area contributed by atoms with Crippen LogP contribution in [0.25, 0.3) is 0 Å². The normalized spacial score (nSPS) is 19.1. The number of aliphatic hydroxyl groups is 1. The van der Waals surface area contributed by atoms with E-state index in [1.807, 2.05) is 5.38 Å². The molecule has 1 aromatic rings. The maximum atomic E-state index is 12.1. The van der Waals surface area contributed by atoms with E-state index in [-0.39, 0.29) is 12.5 Å². The van der Waals surface area contributed by atoms with Gasteiger partial charge in [0.1, 0.15) is 6.10 Å². The maximum Gasteiger partial charge on any atom is 0.252 e. The number of carbonyl (C=O) groups is 2. The largest absolute Gasteiger partial charge is 0.381 e. The topological polar surface area (TPSA) is 78.4 Å². The quantitative estimate of drug-likeness (QED) is 0.765. The molecule has 0 unspecified atom stereocenters. The van der Waals surface area contributed by atoms with Crippen LogP contribution in [-0.2, 0) is 17.6 Å². The highest BCUT2D eigenvalue weighted by Gasteiger charge is 2.23. The van der Waals surface area contributed by atoms with Crippen LogP contribution < -0.4 is 10.6 Å². The number of fused-ring (bicyclic) bond motifs is 1. The summed E-state index contributed by atoms with van der Waals surface area (Å²) in [4.78, 5) is 24.6. The molecule has 6 heteroatoms. The lowest BCUT2D eigenvalue weighted by molar-refractivity contribution is -0.128. The number of carbonyl (C=O) groups excluding carboxylic acids is 2. The minimum absolute atomic E-state index is 0.0699. The van der Waals surface area contributed by atoms with Gasteiger partial charge in [0.2, 0.25) is 5.91 Å². The van der Waals surface area contributed by atoms with E-state index in [1.54, 1.807) is 11.3 Å². The van der Waals surface area contributed by atoms with E-state index in [9.17, 15) is 14.7 Å². The van der Waals surface area contributed by atoms with Gasteiger partial charge in [0.15, 0.2) is 0 Å². The SMILES string of the molecule is CNC(=O)[C@@H](O)CNC(=O)c1csc2c1CC[C@H](C)C2. The first-order valence-electron chi connectivity index (χ1n) is 6.80. The van der Waals surface area contributed by atoms with Gasteiger partial charge in [-0.1, -0.05) is 6.92 Å². The molecule has 20 heavy (non-hydrogen) atoms. The molecule has 1 aromatic heterocycles. The Morgan fingerprint density at radius 1 is 1.55 bits per heavy atom.